The van der Waals surface area contributed by atoms with Crippen LogP contribution in [-0.4, -0.2) is 66.0 Å². The molecule has 1 aromatic carbocycles. The van der Waals surface area contributed by atoms with Gasteiger partial charge in [0.05, 0.1) is 0 Å². The Kier molecular flexibility index (Phi) is 7.02. The second-order valence-corrected chi connectivity index (χ2v) is 7.04. The summed E-state index contributed by atoms with van der Waals surface area (Å²) in [7, 11) is 0. The molecule has 8 heteroatoms. The van der Waals surface area contributed by atoms with E-state index in [1.54, 1.807) is 47.9 Å². The van der Waals surface area contributed by atoms with Crippen molar-refractivity contribution in [3.8, 4) is 5.75 Å². The number of hydrogen-bond donors (Lipinski definition) is 0. The highest BCUT2D eigenvalue weighted by Gasteiger charge is 2.29. The number of halogens is 1. The van der Waals surface area contributed by atoms with Gasteiger partial charge in [-0.2, -0.15) is 0 Å². The highest BCUT2D eigenvalue weighted by molar-refractivity contribution is 9.10. The van der Waals surface area contributed by atoms with E-state index in [1.807, 2.05) is 0 Å². The lowest BCUT2D eigenvalue weighted by atomic mass is 10.2. The van der Waals surface area contributed by atoms with Crippen molar-refractivity contribution in [2.24, 2.45) is 0 Å². The van der Waals surface area contributed by atoms with E-state index < -0.39 is 18.2 Å². The second kappa shape index (κ2) is 9.02. The van der Waals surface area contributed by atoms with Crippen LogP contribution in [0.2, 0.25) is 0 Å². The Bertz CT molecular complexity index is 656. The monoisotopic (exact) mass is 426 g/mol. The molecule has 2 amide bonds. The summed E-state index contributed by atoms with van der Waals surface area (Å²) >= 11 is 3.33. The van der Waals surface area contributed by atoms with Gasteiger partial charge in [0, 0.05) is 37.6 Å². The molecule has 0 aliphatic carbocycles. The van der Waals surface area contributed by atoms with Gasteiger partial charge in [-0.05, 0) is 38.1 Å². The van der Waals surface area contributed by atoms with Crippen LogP contribution in [0.25, 0.3) is 0 Å². The van der Waals surface area contributed by atoms with E-state index in [4.69, 9.17) is 9.47 Å². The minimum Gasteiger partial charge on any atom is -0.479 e. The quantitative estimate of drug-likeness (QED) is 0.671. The van der Waals surface area contributed by atoms with Crippen LogP contribution in [-0.2, 0) is 19.1 Å². The van der Waals surface area contributed by atoms with Crippen molar-refractivity contribution < 1.29 is 23.9 Å². The Labute approximate surface area is 161 Å². The largest absolute Gasteiger partial charge is 0.479 e. The number of rotatable bonds is 5. The maximum Gasteiger partial charge on any atom is 0.347 e. The van der Waals surface area contributed by atoms with Gasteiger partial charge in [-0.15, -0.1) is 0 Å². The molecule has 1 heterocycles. The summed E-state index contributed by atoms with van der Waals surface area (Å²) in [6, 6.07) is 7.08. The molecular formula is C18H23BrN2O5. The summed E-state index contributed by atoms with van der Waals surface area (Å²) in [4.78, 5) is 39.2. The number of hydrogen-bond acceptors (Lipinski definition) is 5. The van der Waals surface area contributed by atoms with Crippen molar-refractivity contribution in [1.29, 1.82) is 0 Å². The van der Waals surface area contributed by atoms with E-state index in [0.717, 1.165) is 4.47 Å². The molecule has 7 nitrogen and oxygen atoms in total. The Morgan fingerprint density at radius 2 is 1.50 bits per heavy atom. The van der Waals surface area contributed by atoms with E-state index in [0.29, 0.717) is 31.9 Å². The maximum absolute atomic E-state index is 12.4. The van der Waals surface area contributed by atoms with Crippen LogP contribution < -0.4 is 4.74 Å². The van der Waals surface area contributed by atoms with E-state index >= 15 is 0 Å². The zero-order chi connectivity index (χ0) is 19.3. The molecule has 1 aliphatic heterocycles. The molecule has 2 atom stereocenters. The molecule has 0 saturated carbocycles. The van der Waals surface area contributed by atoms with E-state index in [-0.39, 0.29) is 11.8 Å². The number of carbonyl (C=O) groups excluding carboxylic acids is 3. The maximum atomic E-state index is 12.4. The number of esters is 1. The predicted molar refractivity (Wildman–Crippen MR) is 98.6 cm³/mol. The minimum atomic E-state index is -0.901. The van der Waals surface area contributed by atoms with Crippen molar-refractivity contribution in [1.82, 2.24) is 9.80 Å². The molecule has 26 heavy (non-hydrogen) atoms. The van der Waals surface area contributed by atoms with Gasteiger partial charge in [0.25, 0.3) is 5.91 Å². The average Bonchev–Trinajstić information content (AvgIpc) is 2.62. The van der Waals surface area contributed by atoms with Crippen molar-refractivity contribution in [2.45, 2.75) is 33.0 Å². The van der Waals surface area contributed by atoms with E-state index in [9.17, 15) is 14.4 Å². The second-order valence-electron chi connectivity index (χ2n) is 6.12. The van der Waals surface area contributed by atoms with Crippen LogP contribution in [0, 0.1) is 0 Å². The predicted octanol–water partition coefficient (Wildman–Crippen LogP) is 1.84. The minimum absolute atomic E-state index is 0.00418. The number of benzene rings is 1. The van der Waals surface area contributed by atoms with Gasteiger partial charge in [-0.1, -0.05) is 15.9 Å². The molecule has 2 unspecified atom stereocenters. The molecule has 142 valence electrons. The number of amides is 2. The molecule has 0 aromatic heterocycles. The first kappa shape index (κ1) is 20.2. The summed E-state index contributed by atoms with van der Waals surface area (Å²) in [6.45, 7) is 6.48. The Morgan fingerprint density at radius 3 is 2.04 bits per heavy atom. The van der Waals surface area contributed by atoms with Crippen LogP contribution in [0.3, 0.4) is 0 Å². The molecule has 1 fully saturated rings. The highest BCUT2D eigenvalue weighted by Crippen LogP contribution is 2.18. The van der Waals surface area contributed by atoms with Gasteiger partial charge in [0.2, 0.25) is 5.91 Å². The lowest BCUT2D eigenvalue weighted by Gasteiger charge is -2.35. The first-order valence-corrected chi connectivity index (χ1v) is 9.24. The Morgan fingerprint density at radius 1 is 0.962 bits per heavy atom. The third kappa shape index (κ3) is 5.45. The van der Waals surface area contributed by atoms with Crippen LogP contribution in [0.15, 0.2) is 28.7 Å². The summed E-state index contributed by atoms with van der Waals surface area (Å²) in [5.41, 5.74) is 0. The summed E-state index contributed by atoms with van der Waals surface area (Å²) in [5.74, 6) is -0.332. The molecule has 1 aliphatic rings. The van der Waals surface area contributed by atoms with Gasteiger partial charge in [0.15, 0.2) is 12.2 Å². The fraction of sp³-hybridized carbons (Fsp3) is 0.500. The first-order chi connectivity index (χ1) is 12.3. The van der Waals surface area contributed by atoms with Crippen LogP contribution in [0.4, 0.5) is 0 Å². The molecule has 1 aromatic rings. The summed E-state index contributed by atoms with van der Waals surface area (Å²) in [5, 5.41) is 0. The van der Waals surface area contributed by atoms with Crippen LogP contribution >= 0.6 is 15.9 Å². The number of piperazine rings is 1. The zero-order valence-electron chi connectivity index (χ0n) is 15.1. The molecule has 2 rings (SSSR count). The SMILES string of the molecule is CC(=O)N1CCN(C(=O)C(C)OC(=O)C(C)Oc2ccc(Br)cc2)CC1. The molecule has 0 radical (unpaired) electrons. The van der Waals surface area contributed by atoms with Crippen molar-refractivity contribution in [3.63, 3.8) is 0 Å². The first-order valence-electron chi connectivity index (χ1n) is 8.45. The lowest BCUT2D eigenvalue weighted by Crippen LogP contribution is -2.52. The highest BCUT2D eigenvalue weighted by atomic mass is 79.9. The Balaban J connectivity index is 1.83. The van der Waals surface area contributed by atoms with Gasteiger partial charge in [0.1, 0.15) is 5.75 Å². The van der Waals surface area contributed by atoms with Gasteiger partial charge in [-0.25, -0.2) is 4.79 Å². The summed E-state index contributed by atoms with van der Waals surface area (Å²) in [6.07, 6.45) is -1.73. The standard InChI is InChI=1S/C18H23BrN2O5/c1-12(17(23)21-10-8-20(9-11-21)14(3)22)26-18(24)13(2)25-16-6-4-15(19)5-7-16/h4-7,12-13H,8-11H2,1-3H3. The molecule has 0 spiro atoms. The van der Waals surface area contributed by atoms with Crippen molar-refractivity contribution in [3.05, 3.63) is 28.7 Å². The molecule has 0 N–H and O–H groups in total. The normalized spacial score (nSPS) is 16.6. The van der Waals surface area contributed by atoms with Crippen LogP contribution in [0.1, 0.15) is 20.8 Å². The average molecular weight is 427 g/mol. The van der Waals surface area contributed by atoms with Crippen LogP contribution in [0.5, 0.6) is 5.75 Å². The topological polar surface area (TPSA) is 76.2 Å². The van der Waals surface area contributed by atoms with E-state index in [2.05, 4.69) is 15.9 Å². The fourth-order valence-corrected chi connectivity index (χ4v) is 2.85. The number of ether oxygens (including phenoxy) is 2. The molecule has 0 bridgehead atoms. The lowest BCUT2D eigenvalue weighted by molar-refractivity contribution is -0.165. The van der Waals surface area contributed by atoms with Crippen molar-refractivity contribution in [2.75, 3.05) is 26.2 Å². The number of nitrogens with zero attached hydrogens (tertiary/aromatic N) is 2. The van der Waals surface area contributed by atoms with E-state index in [1.165, 1.54) is 6.92 Å². The third-order valence-electron chi connectivity index (χ3n) is 4.14. The Hall–Kier alpha value is -2.09. The van der Waals surface area contributed by atoms with Crippen molar-refractivity contribution >= 4 is 33.7 Å². The smallest absolute Gasteiger partial charge is 0.347 e. The molecule has 1 saturated heterocycles. The molecular weight excluding hydrogens is 404 g/mol. The third-order valence-corrected chi connectivity index (χ3v) is 4.66. The fourth-order valence-electron chi connectivity index (χ4n) is 2.58. The number of carbonyl (C=O) groups is 3. The van der Waals surface area contributed by atoms with Gasteiger partial charge >= 0.3 is 5.97 Å². The van der Waals surface area contributed by atoms with Gasteiger partial charge < -0.3 is 19.3 Å². The van der Waals surface area contributed by atoms with Gasteiger partial charge in [-0.3, -0.25) is 9.59 Å². The summed E-state index contributed by atoms with van der Waals surface area (Å²) < 4.78 is 11.7. The zero-order valence-corrected chi connectivity index (χ0v) is 16.7.